The quantitative estimate of drug-likeness (QED) is 0.333. The summed E-state index contributed by atoms with van der Waals surface area (Å²) in [6, 6.07) is 16.6. The minimum Gasteiger partial charge on any atom is -0.268 e. The van der Waals surface area contributed by atoms with Gasteiger partial charge in [0.05, 0.1) is 26.5 Å². The van der Waals surface area contributed by atoms with Gasteiger partial charge in [-0.15, -0.1) is 0 Å². The largest absolute Gasteiger partial charge is 0.269 e. The number of nitro benzene ring substituents is 1. The lowest BCUT2D eigenvalue weighted by Gasteiger charge is -2.13. The van der Waals surface area contributed by atoms with Crippen LogP contribution in [0.2, 0.25) is 5.02 Å². The Bertz CT molecular complexity index is 1360. The summed E-state index contributed by atoms with van der Waals surface area (Å²) in [4.78, 5) is 28.1. The molecule has 0 amide bonds. The van der Waals surface area contributed by atoms with Gasteiger partial charge >= 0.3 is 0 Å². The number of halogens is 2. The summed E-state index contributed by atoms with van der Waals surface area (Å²) in [5.74, 6) is -0.237. The molecule has 0 fully saturated rings. The predicted molar refractivity (Wildman–Crippen MR) is 114 cm³/mol. The van der Waals surface area contributed by atoms with Gasteiger partial charge in [-0.25, -0.2) is 9.37 Å². The molecule has 1 aromatic heterocycles. The second kappa shape index (κ2) is 7.88. The van der Waals surface area contributed by atoms with Crippen LogP contribution in [0.3, 0.4) is 0 Å². The Balaban J connectivity index is 1.89. The van der Waals surface area contributed by atoms with Gasteiger partial charge in [0.15, 0.2) is 0 Å². The minimum atomic E-state index is -0.520. The van der Waals surface area contributed by atoms with Gasteiger partial charge in [0, 0.05) is 12.1 Å². The molecule has 0 saturated carbocycles. The molecule has 4 aromatic rings. The summed E-state index contributed by atoms with van der Waals surface area (Å²) in [7, 11) is 0. The van der Waals surface area contributed by atoms with Crippen molar-refractivity contribution in [2.24, 2.45) is 0 Å². The highest BCUT2D eigenvalue weighted by molar-refractivity contribution is 6.32. The average molecular weight is 422 g/mol. The molecule has 30 heavy (non-hydrogen) atoms. The van der Waals surface area contributed by atoms with Crippen LogP contribution < -0.4 is 5.56 Å². The third kappa shape index (κ3) is 3.70. The van der Waals surface area contributed by atoms with Crippen LogP contribution in [0.25, 0.3) is 28.7 Å². The van der Waals surface area contributed by atoms with E-state index >= 15 is 0 Å². The van der Waals surface area contributed by atoms with Crippen molar-refractivity contribution in [3.63, 3.8) is 0 Å². The van der Waals surface area contributed by atoms with Gasteiger partial charge in [-0.3, -0.25) is 19.5 Å². The summed E-state index contributed by atoms with van der Waals surface area (Å²) in [6.45, 7) is 0. The standard InChI is InChI=1S/C22H13ClFN3O3/c23-18-13-15(24)8-11-20(18)26-21(25-19-4-2-1-3-17(19)22(26)28)12-7-14-5-9-16(10-6-14)27(29)30/h1-13H. The number of para-hydroxylation sites is 1. The third-order valence-corrected chi connectivity index (χ3v) is 4.78. The number of rotatable bonds is 4. The molecule has 0 bridgehead atoms. The Hall–Kier alpha value is -3.84. The van der Waals surface area contributed by atoms with Crippen molar-refractivity contribution < 1.29 is 9.31 Å². The second-order valence-corrected chi connectivity index (χ2v) is 6.81. The molecule has 0 N–H and O–H groups in total. The summed E-state index contributed by atoms with van der Waals surface area (Å²) in [6.07, 6.45) is 3.28. The number of hydrogen-bond acceptors (Lipinski definition) is 4. The van der Waals surface area contributed by atoms with E-state index in [2.05, 4.69) is 4.98 Å². The van der Waals surface area contributed by atoms with E-state index in [1.165, 1.54) is 28.8 Å². The number of fused-ring (bicyclic) bond motifs is 1. The molecule has 0 unspecified atom stereocenters. The minimum absolute atomic E-state index is 0.0222. The molecule has 0 aliphatic carbocycles. The van der Waals surface area contributed by atoms with Crippen LogP contribution in [0.15, 0.2) is 71.5 Å². The first-order chi connectivity index (χ1) is 14.4. The summed E-state index contributed by atoms with van der Waals surface area (Å²) < 4.78 is 14.8. The molecule has 0 atom stereocenters. The molecule has 8 heteroatoms. The van der Waals surface area contributed by atoms with Gasteiger partial charge in [-0.1, -0.05) is 29.8 Å². The summed E-state index contributed by atoms with van der Waals surface area (Å²) >= 11 is 6.21. The molecule has 0 spiro atoms. The maximum atomic E-state index is 13.5. The number of benzene rings is 3. The van der Waals surface area contributed by atoms with E-state index in [-0.39, 0.29) is 22.1 Å². The van der Waals surface area contributed by atoms with Gasteiger partial charge in [0.2, 0.25) is 0 Å². The molecule has 0 aliphatic heterocycles. The highest BCUT2D eigenvalue weighted by Gasteiger charge is 2.14. The fourth-order valence-electron chi connectivity index (χ4n) is 3.04. The molecule has 6 nitrogen and oxygen atoms in total. The van der Waals surface area contributed by atoms with Crippen molar-refractivity contribution in [3.05, 3.63) is 109 Å². The summed E-state index contributed by atoms with van der Waals surface area (Å²) in [5.41, 5.74) is 1.10. The lowest BCUT2D eigenvalue weighted by atomic mass is 10.2. The molecule has 0 radical (unpaired) electrons. The highest BCUT2D eigenvalue weighted by Crippen LogP contribution is 2.23. The van der Waals surface area contributed by atoms with Crippen LogP contribution in [0.5, 0.6) is 0 Å². The maximum absolute atomic E-state index is 13.5. The van der Waals surface area contributed by atoms with Crippen LogP contribution in [0, 0.1) is 15.9 Å². The smallest absolute Gasteiger partial charge is 0.268 e. The molecule has 3 aromatic carbocycles. The Labute approximate surface area is 174 Å². The van der Waals surface area contributed by atoms with E-state index in [9.17, 15) is 19.3 Å². The highest BCUT2D eigenvalue weighted by atomic mass is 35.5. The zero-order valence-corrected chi connectivity index (χ0v) is 16.1. The van der Waals surface area contributed by atoms with Gasteiger partial charge < -0.3 is 0 Å². The molecule has 4 rings (SSSR count). The Morgan fingerprint density at radius 2 is 1.77 bits per heavy atom. The van der Waals surface area contributed by atoms with E-state index < -0.39 is 10.7 Å². The number of nitrogens with zero attached hydrogens (tertiary/aromatic N) is 3. The Morgan fingerprint density at radius 3 is 2.47 bits per heavy atom. The lowest BCUT2D eigenvalue weighted by molar-refractivity contribution is -0.384. The van der Waals surface area contributed by atoms with E-state index in [4.69, 9.17) is 11.6 Å². The van der Waals surface area contributed by atoms with E-state index in [0.29, 0.717) is 22.2 Å². The number of nitro groups is 1. The van der Waals surface area contributed by atoms with Gasteiger partial charge in [0.25, 0.3) is 11.2 Å². The molecule has 0 aliphatic rings. The molecule has 148 valence electrons. The van der Waals surface area contributed by atoms with Crippen molar-refractivity contribution in [1.29, 1.82) is 0 Å². The van der Waals surface area contributed by atoms with Crippen molar-refractivity contribution in [1.82, 2.24) is 9.55 Å². The first-order valence-electron chi connectivity index (χ1n) is 8.84. The first-order valence-corrected chi connectivity index (χ1v) is 9.21. The van der Waals surface area contributed by atoms with Gasteiger partial charge in [-0.2, -0.15) is 0 Å². The second-order valence-electron chi connectivity index (χ2n) is 6.41. The van der Waals surface area contributed by atoms with Crippen molar-refractivity contribution in [2.45, 2.75) is 0 Å². The van der Waals surface area contributed by atoms with Crippen LogP contribution in [-0.4, -0.2) is 14.5 Å². The molecule has 1 heterocycles. The van der Waals surface area contributed by atoms with Gasteiger partial charge in [0.1, 0.15) is 11.6 Å². The van der Waals surface area contributed by atoms with Crippen LogP contribution in [-0.2, 0) is 0 Å². The zero-order chi connectivity index (χ0) is 21.3. The van der Waals surface area contributed by atoms with E-state index in [0.717, 1.165) is 6.07 Å². The first kappa shape index (κ1) is 19.5. The van der Waals surface area contributed by atoms with Crippen LogP contribution >= 0.6 is 11.6 Å². The monoisotopic (exact) mass is 421 g/mol. The number of aromatic nitrogens is 2. The van der Waals surface area contributed by atoms with E-state index in [1.54, 1.807) is 48.6 Å². The van der Waals surface area contributed by atoms with E-state index in [1.807, 2.05) is 0 Å². The molecular formula is C22H13ClFN3O3. The zero-order valence-electron chi connectivity index (χ0n) is 15.3. The van der Waals surface area contributed by atoms with Crippen molar-refractivity contribution in [3.8, 4) is 5.69 Å². The van der Waals surface area contributed by atoms with Crippen LogP contribution in [0.4, 0.5) is 10.1 Å². The van der Waals surface area contributed by atoms with Gasteiger partial charge in [-0.05, 0) is 54.1 Å². The Morgan fingerprint density at radius 1 is 1.03 bits per heavy atom. The van der Waals surface area contributed by atoms with Crippen molar-refractivity contribution >= 4 is 40.3 Å². The average Bonchev–Trinajstić information content (AvgIpc) is 2.73. The normalized spacial score (nSPS) is 11.3. The topological polar surface area (TPSA) is 78.0 Å². The summed E-state index contributed by atoms with van der Waals surface area (Å²) in [5, 5.41) is 11.3. The number of hydrogen-bond donors (Lipinski definition) is 0. The predicted octanol–water partition coefficient (Wildman–Crippen LogP) is 5.26. The Kier molecular flexibility index (Phi) is 5.12. The fourth-order valence-corrected chi connectivity index (χ4v) is 3.29. The SMILES string of the molecule is O=c1c2ccccc2nc(C=Cc2ccc([N+](=O)[O-])cc2)n1-c1ccc(F)cc1Cl. The molecule has 0 saturated heterocycles. The fraction of sp³-hybridized carbons (Fsp3) is 0. The number of non-ortho nitro benzene ring substituents is 1. The van der Waals surface area contributed by atoms with Crippen molar-refractivity contribution in [2.75, 3.05) is 0 Å². The van der Waals surface area contributed by atoms with Crippen LogP contribution in [0.1, 0.15) is 11.4 Å². The maximum Gasteiger partial charge on any atom is 0.269 e. The molecular weight excluding hydrogens is 409 g/mol. The third-order valence-electron chi connectivity index (χ3n) is 4.48. The lowest BCUT2D eigenvalue weighted by Crippen LogP contribution is -2.22.